The molecule has 1 unspecified atom stereocenters. The molecule has 0 aromatic heterocycles. The summed E-state index contributed by atoms with van der Waals surface area (Å²) in [6, 6.07) is 4.65. The predicted octanol–water partition coefficient (Wildman–Crippen LogP) is 2.78. The van der Waals surface area contributed by atoms with Crippen LogP contribution in [0.25, 0.3) is 0 Å². The van der Waals surface area contributed by atoms with Crippen LogP contribution in [0.3, 0.4) is 0 Å². The topological polar surface area (TPSA) is 38.0 Å². The fourth-order valence-electron chi connectivity index (χ4n) is 2.34. The van der Waals surface area contributed by atoms with Crippen molar-refractivity contribution in [2.75, 3.05) is 13.1 Å². The summed E-state index contributed by atoms with van der Waals surface area (Å²) in [7, 11) is 0. The van der Waals surface area contributed by atoms with Gasteiger partial charge in [-0.2, -0.15) is 0 Å². The summed E-state index contributed by atoms with van der Waals surface area (Å²) >= 11 is 0. The molecule has 0 radical (unpaired) electrons. The van der Waals surface area contributed by atoms with Gasteiger partial charge in [0.15, 0.2) is 0 Å². The average molecular weight is 232 g/mol. The zero-order valence-electron chi connectivity index (χ0n) is 11.4. The lowest BCUT2D eigenvalue weighted by atomic mass is 9.94. The highest BCUT2D eigenvalue weighted by atomic mass is 14.9. The molecule has 0 amide bonds. The Morgan fingerprint density at radius 2 is 1.82 bits per heavy atom. The number of nitrogens with two attached hydrogens (primary N) is 1. The number of benzene rings is 1. The number of hydrogen-bond donors (Lipinski definition) is 2. The molecule has 0 aliphatic rings. The Hall–Kier alpha value is -1.12. The van der Waals surface area contributed by atoms with Crippen LogP contribution in [0.1, 0.15) is 35.2 Å². The van der Waals surface area contributed by atoms with Gasteiger partial charge in [-0.05, 0) is 44.4 Å². The maximum atomic E-state index is 5.87. The van der Waals surface area contributed by atoms with Crippen molar-refractivity contribution in [2.24, 2.45) is 5.73 Å². The first-order chi connectivity index (χ1) is 7.95. The largest absolute Gasteiger partial charge is 0.329 e. The molecule has 0 fully saturated rings. The van der Waals surface area contributed by atoms with Crippen molar-refractivity contribution in [1.29, 1.82) is 0 Å². The minimum absolute atomic E-state index is 0.215. The highest BCUT2D eigenvalue weighted by Crippen LogP contribution is 2.23. The molecule has 1 atom stereocenters. The SMILES string of the molecule is C=C(C)CNC(CN)c1c(C)cc(C)cc1C. The van der Waals surface area contributed by atoms with Gasteiger partial charge in [-0.15, -0.1) is 0 Å². The Morgan fingerprint density at radius 1 is 1.29 bits per heavy atom. The molecule has 3 N–H and O–H groups in total. The summed E-state index contributed by atoms with van der Waals surface area (Å²) in [5.41, 5.74) is 12.3. The Morgan fingerprint density at radius 3 is 2.24 bits per heavy atom. The quantitative estimate of drug-likeness (QED) is 0.766. The molecule has 0 spiro atoms. The van der Waals surface area contributed by atoms with Crippen LogP contribution >= 0.6 is 0 Å². The third kappa shape index (κ3) is 3.69. The van der Waals surface area contributed by atoms with E-state index in [1.807, 2.05) is 6.92 Å². The predicted molar refractivity (Wildman–Crippen MR) is 75.3 cm³/mol. The van der Waals surface area contributed by atoms with Crippen molar-refractivity contribution >= 4 is 0 Å². The molecular formula is C15H24N2. The number of hydrogen-bond acceptors (Lipinski definition) is 2. The van der Waals surface area contributed by atoms with Crippen molar-refractivity contribution < 1.29 is 0 Å². The Kier molecular flexibility index (Phi) is 4.91. The van der Waals surface area contributed by atoms with E-state index in [4.69, 9.17) is 5.73 Å². The highest BCUT2D eigenvalue weighted by Gasteiger charge is 2.14. The highest BCUT2D eigenvalue weighted by molar-refractivity contribution is 5.39. The summed E-state index contributed by atoms with van der Waals surface area (Å²) in [5, 5.41) is 3.46. The van der Waals surface area contributed by atoms with E-state index < -0.39 is 0 Å². The lowest BCUT2D eigenvalue weighted by Gasteiger charge is -2.22. The van der Waals surface area contributed by atoms with Gasteiger partial charge >= 0.3 is 0 Å². The minimum Gasteiger partial charge on any atom is -0.329 e. The van der Waals surface area contributed by atoms with Crippen LogP contribution in [0.2, 0.25) is 0 Å². The van der Waals surface area contributed by atoms with Crippen molar-refractivity contribution in [3.05, 3.63) is 46.5 Å². The van der Waals surface area contributed by atoms with Crippen molar-refractivity contribution in [1.82, 2.24) is 5.32 Å². The molecule has 1 rings (SSSR count). The van der Waals surface area contributed by atoms with E-state index in [-0.39, 0.29) is 6.04 Å². The van der Waals surface area contributed by atoms with E-state index in [2.05, 4.69) is 44.8 Å². The average Bonchev–Trinajstić information content (AvgIpc) is 2.21. The van der Waals surface area contributed by atoms with Gasteiger partial charge < -0.3 is 11.1 Å². The van der Waals surface area contributed by atoms with Gasteiger partial charge in [-0.3, -0.25) is 0 Å². The van der Waals surface area contributed by atoms with Gasteiger partial charge in [0.25, 0.3) is 0 Å². The number of nitrogens with one attached hydrogen (secondary N) is 1. The molecule has 1 aromatic rings. The van der Waals surface area contributed by atoms with Crippen LogP contribution in [-0.4, -0.2) is 13.1 Å². The molecule has 0 aliphatic heterocycles. The Bertz CT molecular complexity index is 384. The summed E-state index contributed by atoms with van der Waals surface area (Å²) in [6.45, 7) is 13.8. The molecule has 1 aromatic carbocycles. The van der Waals surface area contributed by atoms with E-state index >= 15 is 0 Å². The van der Waals surface area contributed by atoms with Gasteiger partial charge in [0.1, 0.15) is 0 Å². The second-order valence-corrected chi connectivity index (χ2v) is 4.94. The van der Waals surface area contributed by atoms with E-state index in [9.17, 15) is 0 Å². The maximum absolute atomic E-state index is 5.87. The third-order valence-electron chi connectivity index (χ3n) is 2.97. The van der Waals surface area contributed by atoms with Crippen LogP contribution in [0, 0.1) is 20.8 Å². The minimum atomic E-state index is 0.215. The summed E-state index contributed by atoms with van der Waals surface area (Å²) in [4.78, 5) is 0. The molecule has 0 saturated heterocycles. The standard InChI is InChI=1S/C15H24N2/c1-10(2)9-17-14(8-16)15-12(4)6-11(3)7-13(15)5/h6-7,14,17H,1,8-9,16H2,2-5H3. The first kappa shape index (κ1) is 13.9. The fraction of sp³-hybridized carbons (Fsp3) is 0.467. The van der Waals surface area contributed by atoms with Crippen LogP contribution in [0.15, 0.2) is 24.3 Å². The molecule has 0 heterocycles. The number of rotatable bonds is 5. The van der Waals surface area contributed by atoms with E-state index in [1.54, 1.807) is 0 Å². The maximum Gasteiger partial charge on any atom is 0.0452 e. The van der Waals surface area contributed by atoms with E-state index in [0.717, 1.165) is 12.1 Å². The summed E-state index contributed by atoms with van der Waals surface area (Å²) in [5.74, 6) is 0. The zero-order valence-corrected chi connectivity index (χ0v) is 11.4. The monoisotopic (exact) mass is 232 g/mol. The van der Waals surface area contributed by atoms with E-state index in [1.165, 1.54) is 22.3 Å². The van der Waals surface area contributed by atoms with Crippen LogP contribution in [0.5, 0.6) is 0 Å². The second kappa shape index (κ2) is 5.99. The van der Waals surface area contributed by atoms with Gasteiger partial charge in [0, 0.05) is 19.1 Å². The smallest absolute Gasteiger partial charge is 0.0452 e. The molecule has 2 nitrogen and oxygen atoms in total. The first-order valence-corrected chi connectivity index (χ1v) is 6.11. The van der Waals surface area contributed by atoms with Gasteiger partial charge in [-0.25, -0.2) is 0 Å². The molecule has 0 bridgehead atoms. The van der Waals surface area contributed by atoms with Crippen molar-refractivity contribution in [3.8, 4) is 0 Å². The lowest BCUT2D eigenvalue weighted by Crippen LogP contribution is -2.30. The normalized spacial score (nSPS) is 12.5. The molecule has 0 aliphatic carbocycles. The zero-order chi connectivity index (χ0) is 13.0. The van der Waals surface area contributed by atoms with Crippen molar-refractivity contribution in [3.63, 3.8) is 0 Å². The second-order valence-electron chi connectivity index (χ2n) is 4.94. The van der Waals surface area contributed by atoms with Crippen LogP contribution < -0.4 is 11.1 Å². The summed E-state index contributed by atoms with van der Waals surface area (Å²) in [6.07, 6.45) is 0. The molecular weight excluding hydrogens is 208 g/mol. The molecule has 94 valence electrons. The fourth-order valence-corrected chi connectivity index (χ4v) is 2.34. The first-order valence-electron chi connectivity index (χ1n) is 6.11. The molecule has 2 heteroatoms. The Balaban J connectivity index is 2.99. The Labute approximate surface area is 105 Å². The van der Waals surface area contributed by atoms with Crippen LogP contribution in [-0.2, 0) is 0 Å². The number of aryl methyl sites for hydroxylation is 3. The molecule has 0 saturated carbocycles. The third-order valence-corrected chi connectivity index (χ3v) is 2.97. The van der Waals surface area contributed by atoms with Crippen molar-refractivity contribution in [2.45, 2.75) is 33.7 Å². The van der Waals surface area contributed by atoms with Gasteiger partial charge in [0.05, 0.1) is 0 Å². The van der Waals surface area contributed by atoms with Gasteiger partial charge in [0.2, 0.25) is 0 Å². The van der Waals surface area contributed by atoms with E-state index in [0.29, 0.717) is 6.54 Å². The summed E-state index contributed by atoms with van der Waals surface area (Å²) < 4.78 is 0. The molecule has 17 heavy (non-hydrogen) atoms. The van der Waals surface area contributed by atoms with Crippen LogP contribution in [0.4, 0.5) is 0 Å². The van der Waals surface area contributed by atoms with Gasteiger partial charge in [-0.1, -0.05) is 29.8 Å². The lowest BCUT2D eigenvalue weighted by molar-refractivity contribution is 0.564.